The molecule has 0 aliphatic heterocycles. The quantitative estimate of drug-likeness (QED) is 0.882. The van der Waals surface area contributed by atoms with Crippen LogP contribution in [0.2, 0.25) is 0 Å². The number of aryl methyl sites for hydroxylation is 2. The summed E-state index contributed by atoms with van der Waals surface area (Å²) in [5, 5.41) is 12.2. The Hall–Kier alpha value is -1.88. The van der Waals surface area contributed by atoms with Crippen molar-refractivity contribution in [2.75, 3.05) is 0 Å². The zero-order valence-corrected chi connectivity index (χ0v) is 12.4. The molecule has 5 heteroatoms. The van der Waals surface area contributed by atoms with E-state index in [0.717, 1.165) is 29.1 Å². The van der Waals surface area contributed by atoms with Crippen molar-refractivity contribution < 1.29 is 14.6 Å². The fourth-order valence-electron chi connectivity index (χ4n) is 1.90. The van der Waals surface area contributed by atoms with Gasteiger partial charge in [-0.15, -0.1) is 11.3 Å². The monoisotopic (exact) mass is 291 g/mol. The second kappa shape index (κ2) is 6.52. The van der Waals surface area contributed by atoms with Gasteiger partial charge in [0, 0.05) is 5.38 Å². The van der Waals surface area contributed by atoms with Crippen molar-refractivity contribution in [2.45, 2.75) is 33.3 Å². The molecule has 0 atom stereocenters. The van der Waals surface area contributed by atoms with E-state index in [1.807, 2.05) is 18.4 Å². The van der Waals surface area contributed by atoms with Crippen molar-refractivity contribution in [1.29, 1.82) is 0 Å². The SMILES string of the molecule is CCCc1nc(COc2c(C)cccc2C(=O)O)cs1. The molecule has 0 radical (unpaired) electrons. The molecule has 20 heavy (non-hydrogen) atoms. The van der Waals surface area contributed by atoms with Gasteiger partial charge in [0.2, 0.25) is 0 Å². The molecule has 0 aliphatic rings. The van der Waals surface area contributed by atoms with Crippen LogP contribution in [0.4, 0.5) is 0 Å². The number of thiazole rings is 1. The van der Waals surface area contributed by atoms with Gasteiger partial charge in [-0.1, -0.05) is 19.1 Å². The molecular weight excluding hydrogens is 274 g/mol. The first-order valence-corrected chi connectivity index (χ1v) is 7.38. The van der Waals surface area contributed by atoms with E-state index >= 15 is 0 Å². The Balaban J connectivity index is 2.12. The molecule has 106 valence electrons. The van der Waals surface area contributed by atoms with Gasteiger partial charge in [-0.25, -0.2) is 9.78 Å². The van der Waals surface area contributed by atoms with Crippen LogP contribution in [0.3, 0.4) is 0 Å². The van der Waals surface area contributed by atoms with Crippen molar-refractivity contribution in [3.05, 3.63) is 45.4 Å². The Bertz CT molecular complexity index is 607. The zero-order valence-electron chi connectivity index (χ0n) is 11.5. The topological polar surface area (TPSA) is 59.4 Å². The van der Waals surface area contributed by atoms with E-state index in [9.17, 15) is 4.79 Å². The van der Waals surface area contributed by atoms with E-state index in [-0.39, 0.29) is 5.56 Å². The van der Waals surface area contributed by atoms with Crippen LogP contribution in [0.5, 0.6) is 5.75 Å². The smallest absolute Gasteiger partial charge is 0.339 e. The van der Waals surface area contributed by atoms with Gasteiger partial charge in [-0.3, -0.25) is 0 Å². The zero-order chi connectivity index (χ0) is 14.5. The minimum absolute atomic E-state index is 0.189. The largest absolute Gasteiger partial charge is 0.486 e. The van der Waals surface area contributed by atoms with Crippen molar-refractivity contribution in [1.82, 2.24) is 4.98 Å². The number of rotatable bonds is 6. The van der Waals surface area contributed by atoms with Gasteiger partial charge in [0.15, 0.2) is 0 Å². The lowest BCUT2D eigenvalue weighted by Gasteiger charge is -2.10. The third-order valence-electron chi connectivity index (χ3n) is 2.87. The number of nitrogens with zero attached hydrogens (tertiary/aromatic N) is 1. The molecule has 2 rings (SSSR count). The number of hydrogen-bond donors (Lipinski definition) is 1. The van der Waals surface area contributed by atoms with E-state index < -0.39 is 5.97 Å². The molecule has 0 spiro atoms. The van der Waals surface area contributed by atoms with Crippen LogP contribution in [-0.4, -0.2) is 16.1 Å². The van der Waals surface area contributed by atoms with Crippen molar-refractivity contribution >= 4 is 17.3 Å². The summed E-state index contributed by atoms with van der Waals surface area (Å²) in [5.74, 6) is -0.557. The van der Waals surface area contributed by atoms with E-state index in [1.165, 1.54) is 0 Å². The van der Waals surface area contributed by atoms with Gasteiger partial charge in [0.25, 0.3) is 0 Å². The first kappa shape index (κ1) is 14.5. The molecule has 2 aromatic rings. The molecule has 0 amide bonds. The van der Waals surface area contributed by atoms with Gasteiger partial charge in [-0.05, 0) is 31.4 Å². The molecule has 1 aromatic carbocycles. The Kier molecular flexibility index (Phi) is 4.74. The highest BCUT2D eigenvalue weighted by Gasteiger charge is 2.14. The Labute approximate surface area is 122 Å². The molecule has 0 bridgehead atoms. The summed E-state index contributed by atoms with van der Waals surface area (Å²) in [6.07, 6.45) is 2.03. The van der Waals surface area contributed by atoms with Crippen LogP contribution in [0.15, 0.2) is 23.6 Å². The summed E-state index contributed by atoms with van der Waals surface area (Å²) in [4.78, 5) is 15.6. The molecule has 1 heterocycles. The summed E-state index contributed by atoms with van der Waals surface area (Å²) in [5.41, 5.74) is 1.85. The number of para-hydroxylation sites is 1. The fraction of sp³-hybridized carbons (Fsp3) is 0.333. The molecule has 0 unspecified atom stereocenters. The number of benzene rings is 1. The number of ether oxygens (including phenoxy) is 1. The second-order valence-corrected chi connectivity index (χ2v) is 5.47. The van der Waals surface area contributed by atoms with Gasteiger partial charge < -0.3 is 9.84 Å². The van der Waals surface area contributed by atoms with E-state index in [2.05, 4.69) is 11.9 Å². The van der Waals surface area contributed by atoms with Crippen molar-refractivity contribution in [2.24, 2.45) is 0 Å². The summed E-state index contributed by atoms with van der Waals surface area (Å²) in [6, 6.07) is 5.10. The molecule has 4 nitrogen and oxygen atoms in total. The predicted octanol–water partition coefficient (Wildman–Crippen LogP) is 3.68. The Morgan fingerprint density at radius 2 is 2.25 bits per heavy atom. The summed E-state index contributed by atoms with van der Waals surface area (Å²) < 4.78 is 5.67. The molecule has 0 saturated heterocycles. The Morgan fingerprint density at radius 1 is 1.45 bits per heavy atom. The van der Waals surface area contributed by atoms with Gasteiger partial charge in [0.05, 0.1) is 10.7 Å². The summed E-state index contributed by atoms with van der Waals surface area (Å²) in [7, 11) is 0. The average Bonchev–Trinajstić information content (AvgIpc) is 2.85. The Morgan fingerprint density at radius 3 is 2.95 bits per heavy atom. The lowest BCUT2D eigenvalue weighted by molar-refractivity contribution is 0.0691. The molecule has 0 fully saturated rings. The van der Waals surface area contributed by atoms with Crippen LogP contribution < -0.4 is 4.74 Å². The number of carboxylic acid groups (broad SMARTS) is 1. The first-order valence-electron chi connectivity index (χ1n) is 6.50. The van der Waals surface area contributed by atoms with Crippen molar-refractivity contribution in [3.63, 3.8) is 0 Å². The molecule has 1 aromatic heterocycles. The fourth-order valence-corrected chi connectivity index (χ4v) is 2.79. The maximum absolute atomic E-state index is 11.2. The second-order valence-electron chi connectivity index (χ2n) is 4.53. The van der Waals surface area contributed by atoms with Crippen molar-refractivity contribution in [3.8, 4) is 5.75 Å². The summed E-state index contributed by atoms with van der Waals surface area (Å²) >= 11 is 1.62. The lowest BCUT2D eigenvalue weighted by atomic mass is 10.1. The maximum Gasteiger partial charge on any atom is 0.339 e. The van der Waals surface area contributed by atoms with E-state index in [0.29, 0.717) is 12.4 Å². The third-order valence-corrected chi connectivity index (χ3v) is 3.83. The van der Waals surface area contributed by atoms with E-state index in [1.54, 1.807) is 23.5 Å². The van der Waals surface area contributed by atoms with Crippen LogP contribution in [0.1, 0.15) is 40.0 Å². The minimum atomic E-state index is -0.978. The maximum atomic E-state index is 11.2. The summed E-state index contributed by atoms with van der Waals surface area (Å²) in [6.45, 7) is 4.25. The number of hydrogen-bond acceptors (Lipinski definition) is 4. The predicted molar refractivity (Wildman–Crippen MR) is 78.6 cm³/mol. The van der Waals surface area contributed by atoms with Gasteiger partial charge in [-0.2, -0.15) is 0 Å². The lowest BCUT2D eigenvalue weighted by Crippen LogP contribution is -2.05. The van der Waals surface area contributed by atoms with E-state index in [4.69, 9.17) is 9.84 Å². The number of aromatic carboxylic acids is 1. The molecular formula is C15H17NO3S. The molecule has 0 saturated carbocycles. The first-order chi connectivity index (χ1) is 9.61. The van der Waals surface area contributed by atoms with Crippen LogP contribution in [-0.2, 0) is 13.0 Å². The number of carboxylic acids is 1. The number of carbonyl (C=O) groups is 1. The molecule has 0 aliphatic carbocycles. The highest BCUT2D eigenvalue weighted by molar-refractivity contribution is 7.09. The van der Waals surface area contributed by atoms with Crippen LogP contribution in [0, 0.1) is 6.92 Å². The standard InChI is InChI=1S/C15H17NO3S/c1-3-5-13-16-11(9-20-13)8-19-14-10(2)6-4-7-12(14)15(17)18/h4,6-7,9H,3,5,8H2,1-2H3,(H,17,18). The van der Waals surface area contributed by atoms with Gasteiger partial charge in [0.1, 0.15) is 17.9 Å². The van der Waals surface area contributed by atoms with Crippen LogP contribution in [0.25, 0.3) is 0 Å². The minimum Gasteiger partial charge on any atom is -0.486 e. The number of aromatic nitrogens is 1. The third kappa shape index (κ3) is 3.36. The highest BCUT2D eigenvalue weighted by atomic mass is 32.1. The van der Waals surface area contributed by atoms with Crippen LogP contribution >= 0.6 is 11.3 Å². The highest BCUT2D eigenvalue weighted by Crippen LogP contribution is 2.24. The average molecular weight is 291 g/mol. The molecule has 1 N–H and O–H groups in total. The van der Waals surface area contributed by atoms with Gasteiger partial charge >= 0.3 is 5.97 Å². The normalized spacial score (nSPS) is 10.5.